The van der Waals surface area contributed by atoms with Gasteiger partial charge in [-0.1, -0.05) is 5.16 Å². The number of carbonyl (C=O) groups is 2. The Labute approximate surface area is 101 Å². The highest BCUT2D eigenvalue weighted by Gasteiger charge is 2.16. The van der Waals surface area contributed by atoms with Crippen LogP contribution in [0.2, 0.25) is 0 Å². The molecule has 0 aliphatic carbocycles. The van der Waals surface area contributed by atoms with Crippen LogP contribution in [-0.2, 0) is 13.6 Å². The fourth-order valence-electron chi connectivity index (χ4n) is 1.32. The zero-order chi connectivity index (χ0) is 13.1. The highest BCUT2D eigenvalue weighted by atomic mass is 16.5. The number of nitrogens with one attached hydrogen (secondary N) is 1. The van der Waals surface area contributed by atoms with E-state index in [-0.39, 0.29) is 18.0 Å². The molecule has 2 aromatic heterocycles. The van der Waals surface area contributed by atoms with E-state index in [4.69, 9.17) is 5.11 Å². The molecule has 94 valence electrons. The average molecular weight is 250 g/mol. The molecule has 0 bridgehead atoms. The molecule has 2 heterocycles. The summed E-state index contributed by atoms with van der Waals surface area (Å²) in [5, 5.41) is 18.5. The van der Waals surface area contributed by atoms with Crippen LogP contribution in [0.3, 0.4) is 0 Å². The molecule has 18 heavy (non-hydrogen) atoms. The third-order valence-corrected chi connectivity index (χ3v) is 2.31. The van der Waals surface area contributed by atoms with E-state index >= 15 is 0 Å². The molecule has 8 nitrogen and oxygen atoms in total. The molecule has 2 rings (SSSR count). The van der Waals surface area contributed by atoms with E-state index < -0.39 is 11.9 Å². The Bertz CT molecular complexity index is 586. The van der Waals surface area contributed by atoms with E-state index in [1.54, 1.807) is 24.0 Å². The third kappa shape index (κ3) is 2.37. The number of aryl methyl sites for hydroxylation is 1. The minimum Gasteiger partial charge on any atom is -0.475 e. The van der Waals surface area contributed by atoms with Gasteiger partial charge in [-0.2, -0.15) is 5.10 Å². The number of aromatic carboxylic acids is 1. The number of hydrogen-bond donors (Lipinski definition) is 2. The van der Waals surface area contributed by atoms with Crippen LogP contribution in [0.1, 0.15) is 26.7 Å². The predicted octanol–water partition coefficient (Wildman–Crippen LogP) is 0.0363. The second-order valence-electron chi connectivity index (χ2n) is 3.51. The topological polar surface area (TPSA) is 110 Å². The first kappa shape index (κ1) is 11.8. The van der Waals surface area contributed by atoms with Gasteiger partial charge in [-0.25, -0.2) is 4.79 Å². The van der Waals surface area contributed by atoms with Gasteiger partial charge in [-0.05, 0) is 6.07 Å². The molecule has 2 N–H and O–H groups in total. The highest BCUT2D eigenvalue weighted by molar-refractivity contribution is 5.94. The van der Waals surface area contributed by atoms with Crippen molar-refractivity contribution in [2.45, 2.75) is 6.54 Å². The van der Waals surface area contributed by atoms with Crippen LogP contribution in [-0.4, -0.2) is 31.9 Å². The van der Waals surface area contributed by atoms with Crippen molar-refractivity contribution in [1.29, 1.82) is 0 Å². The lowest BCUT2D eigenvalue weighted by atomic mass is 10.3. The molecular formula is C10H10N4O4. The monoisotopic (exact) mass is 250 g/mol. The fourth-order valence-corrected chi connectivity index (χ4v) is 1.32. The van der Waals surface area contributed by atoms with E-state index in [0.717, 1.165) is 11.8 Å². The maximum Gasteiger partial charge on any atom is 0.374 e. The molecule has 0 saturated carbocycles. The van der Waals surface area contributed by atoms with Crippen molar-refractivity contribution in [1.82, 2.24) is 20.3 Å². The lowest BCUT2D eigenvalue weighted by Crippen LogP contribution is -2.24. The van der Waals surface area contributed by atoms with Crippen molar-refractivity contribution in [3.05, 3.63) is 35.5 Å². The summed E-state index contributed by atoms with van der Waals surface area (Å²) >= 11 is 0. The van der Waals surface area contributed by atoms with Gasteiger partial charge in [0.15, 0.2) is 5.69 Å². The van der Waals surface area contributed by atoms with Gasteiger partial charge < -0.3 is 14.9 Å². The summed E-state index contributed by atoms with van der Waals surface area (Å²) in [4.78, 5) is 22.2. The van der Waals surface area contributed by atoms with Crippen molar-refractivity contribution in [3.63, 3.8) is 0 Å². The maximum absolute atomic E-state index is 11.6. The number of carbonyl (C=O) groups excluding carboxylic acids is 1. The molecule has 0 aliphatic heterocycles. The van der Waals surface area contributed by atoms with Gasteiger partial charge in [0.05, 0.1) is 12.2 Å². The van der Waals surface area contributed by atoms with Crippen molar-refractivity contribution < 1.29 is 19.2 Å². The molecule has 0 fully saturated rings. The van der Waals surface area contributed by atoms with Crippen LogP contribution in [0.5, 0.6) is 0 Å². The van der Waals surface area contributed by atoms with Crippen LogP contribution in [0.4, 0.5) is 0 Å². The molecule has 0 radical (unpaired) electrons. The quantitative estimate of drug-likeness (QED) is 0.792. The van der Waals surface area contributed by atoms with Crippen LogP contribution in [0.25, 0.3) is 0 Å². The first-order valence-corrected chi connectivity index (χ1v) is 5.03. The Balaban J connectivity index is 1.99. The molecule has 0 saturated heterocycles. The average Bonchev–Trinajstić information content (AvgIpc) is 2.94. The summed E-state index contributed by atoms with van der Waals surface area (Å²) in [5.41, 5.74) is 0.736. The minimum atomic E-state index is -1.27. The van der Waals surface area contributed by atoms with E-state index in [0.29, 0.717) is 0 Å². The maximum atomic E-state index is 11.6. The Morgan fingerprint density at radius 1 is 1.56 bits per heavy atom. The number of aromatic nitrogens is 3. The summed E-state index contributed by atoms with van der Waals surface area (Å²) in [7, 11) is 1.75. The molecule has 0 aromatic carbocycles. The van der Waals surface area contributed by atoms with Crippen molar-refractivity contribution >= 4 is 11.9 Å². The van der Waals surface area contributed by atoms with Crippen LogP contribution in [0.15, 0.2) is 22.9 Å². The molecule has 0 aliphatic rings. The van der Waals surface area contributed by atoms with Gasteiger partial charge in [-0.15, -0.1) is 0 Å². The SMILES string of the molecule is Cn1nccc1CNC(=O)c1cc(C(=O)O)on1. The highest BCUT2D eigenvalue weighted by Crippen LogP contribution is 2.04. The second-order valence-corrected chi connectivity index (χ2v) is 3.51. The number of amides is 1. The predicted molar refractivity (Wildman–Crippen MR) is 57.8 cm³/mol. The van der Waals surface area contributed by atoms with E-state index in [2.05, 4.69) is 20.1 Å². The Morgan fingerprint density at radius 2 is 2.33 bits per heavy atom. The van der Waals surface area contributed by atoms with Gasteiger partial charge in [0.1, 0.15) is 0 Å². The Morgan fingerprint density at radius 3 is 2.89 bits per heavy atom. The van der Waals surface area contributed by atoms with Crippen molar-refractivity contribution in [2.24, 2.45) is 7.05 Å². The van der Waals surface area contributed by atoms with Gasteiger partial charge in [-0.3, -0.25) is 9.48 Å². The molecule has 1 amide bonds. The van der Waals surface area contributed by atoms with Gasteiger partial charge >= 0.3 is 5.97 Å². The normalized spacial score (nSPS) is 10.3. The van der Waals surface area contributed by atoms with Crippen molar-refractivity contribution in [2.75, 3.05) is 0 Å². The first-order valence-electron chi connectivity index (χ1n) is 5.03. The molecule has 0 unspecified atom stereocenters. The number of hydrogen-bond acceptors (Lipinski definition) is 5. The molecule has 0 atom stereocenters. The van der Waals surface area contributed by atoms with Crippen molar-refractivity contribution in [3.8, 4) is 0 Å². The first-order chi connectivity index (χ1) is 8.58. The number of carboxylic acids is 1. The Kier molecular flexibility index (Phi) is 3.09. The number of carboxylic acid groups (broad SMARTS) is 1. The van der Waals surface area contributed by atoms with E-state index in [1.807, 2.05) is 0 Å². The number of nitrogens with zero attached hydrogens (tertiary/aromatic N) is 3. The number of rotatable bonds is 4. The smallest absolute Gasteiger partial charge is 0.374 e. The molecule has 2 aromatic rings. The second kappa shape index (κ2) is 4.70. The molecule has 0 spiro atoms. The standard InChI is InChI=1S/C10H10N4O4/c1-14-6(2-3-12-14)5-11-9(15)7-4-8(10(16)17)18-13-7/h2-4H,5H2,1H3,(H,11,15)(H,16,17). The lowest BCUT2D eigenvalue weighted by molar-refractivity contribution is 0.0651. The minimum absolute atomic E-state index is 0.0745. The Hall–Kier alpha value is -2.64. The zero-order valence-electron chi connectivity index (χ0n) is 9.45. The summed E-state index contributed by atoms with van der Waals surface area (Å²) in [5.74, 6) is -2.15. The van der Waals surface area contributed by atoms with Gasteiger partial charge in [0, 0.05) is 19.3 Å². The summed E-state index contributed by atoms with van der Waals surface area (Å²) in [6.45, 7) is 0.268. The fraction of sp³-hybridized carbons (Fsp3) is 0.200. The third-order valence-electron chi connectivity index (χ3n) is 2.31. The molecule has 8 heteroatoms. The van der Waals surface area contributed by atoms with Crippen LogP contribution in [0, 0.1) is 0 Å². The van der Waals surface area contributed by atoms with Crippen LogP contribution < -0.4 is 5.32 Å². The van der Waals surface area contributed by atoms with Gasteiger partial charge in [0.25, 0.3) is 5.91 Å². The zero-order valence-corrected chi connectivity index (χ0v) is 9.45. The summed E-state index contributed by atoms with van der Waals surface area (Å²) < 4.78 is 6.10. The molecular weight excluding hydrogens is 240 g/mol. The van der Waals surface area contributed by atoms with E-state index in [9.17, 15) is 9.59 Å². The van der Waals surface area contributed by atoms with E-state index in [1.165, 1.54) is 0 Å². The van der Waals surface area contributed by atoms with Crippen LogP contribution >= 0.6 is 0 Å². The lowest BCUT2D eigenvalue weighted by Gasteiger charge is -2.02. The largest absolute Gasteiger partial charge is 0.475 e. The summed E-state index contributed by atoms with van der Waals surface area (Å²) in [6, 6.07) is 2.83. The van der Waals surface area contributed by atoms with Gasteiger partial charge in [0.2, 0.25) is 5.76 Å². The summed E-state index contributed by atoms with van der Waals surface area (Å²) in [6.07, 6.45) is 1.61.